The topological polar surface area (TPSA) is 59.1 Å². The summed E-state index contributed by atoms with van der Waals surface area (Å²) in [6.45, 7) is 3.76. The molecule has 0 heterocycles. The van der Waals surface area contributed by atoms with Crippen LogP contribution in [0.15, 0.2) is 48.6 Å². The molecule has 98 valence electrons. The first-order chi connectivity index (χ1) is 9.09. The molecule has 0 saturated carbocycles. The standard InChI is InChI=1S/C16H18N2O/c1-3-10-16(2,11-17)19-15-9-8-14(18)12-6-4-5-7-13(12)15/h3-11,17H,18H2,1-2H3. The first-order valence-electron chi connectivity index (χ1n) is 6.21. The van der Waals surface area contributed by atoms with Crippen molar-refractivity contribution in [3.05, 3.63) is 48.6 Å². The maximum absolute atomic E-state index is 7.53. The number of fused-ring (bicyclic) bond motifs is 1. The lowest BCUT2D eigenvalue weighted by atomic mass is 10.1. The minimum absolute atomic E-state index is 0.727. The normalized spacial score (nSPS) is 14.4. The van der Waals surface area contributed by atoms with Crippen LogP contribution >= 0.6 is 0 Å². The van der Waals surface area contributed by atoms with Crippen LogP contribution in [0.5, 0.6) is 5.75 Å². The smallest absolute Gasteiger partial charge is 0.159 e. The number of hydrogen-bond donors (Lipinski definition) is 2. The second kappa shape index (κ2) is 5.14. The fourth-order valence-electron chi connectivity index (χ4n) is 2.06. The summed E-state index contributed by atoms with van der Waals surface area (Å²) in [6, 6.07) is 11.5. The molecule has 3 heteroatoms. The lowest BCUT2D eigenvalue weighted by molar-refractivity contribution is 0.219. The van der Waals surface area contributed by atoms with Crippen molar-refractivity contribution >= 4 is 22.7 Å². The third kappa shape index (κ3) is 2.60. The Balaban J connectivity index is 2.52. The molecule has 0 fully saturated rings. The van der Waals surface area contributed by atoms with Gasteiger partial charge in [0.05, 0.1) is 0 Å². The highest BCUT2D eigenvalue weighted by Crippen LogP contribution is 2.32. The number of ether oxygens (including phenoxy) is 1. The first-order valence-corrected chi connectivity index (χ1v) is 6.21. The van der Waals surface area contributed by atoms with Gasteiger partial charge in [-0.3, -0.25) is 0 Å². The molecule has 0 bridgehead atoms. The van der Waals surface area contributed by atoms with Gasteiger partial charge in [-0.05, 0) is 32.1 Å². The van der Waals surface area contributed by atoms with Crippen LogP contribution < -0.4 is 10.5 Å². The van der Waals surface area contributed by atoms with Gasteiger partial charge >= 0.3 is 0 Å². The quantitative estimate of drug-likeness (QED) is 0.495. The molecule has 0 aliphatic carbocycles. The van der Waals surface area contributed by atoms with E-state index in [0.29, 0.717) is 0 Å². The number of benzene rings is 2. The lowest BCUT2D eigenvalue weighted by Crippen LogP contribution is -2.31. The molecule has 2 aromatic carbocycles. The molecule has 0 aromatic heterocycles. The van der Waals surface area contributed by atoms with Crippen LogP contribution in [0.4, 0.5) is 5.69 Å². The van der Waals surface area contributed by atoms with Crippen LogP contribution in [0.25, 0.3) is 10.8 Å². The Hall–Kier alpha value is -2.29. The van der Waals surface area contributed by atoms with Crippen LogP contribution in [0, 0.1) is 5.41 Å². The molecule has 2 aromatic rings. The summed E-state index contributed by atoms with van der Waals surface area (Å²) in [6.07, 6.45) is 5.02. The number of anilines is 1. The van der Waals surface area contributed by atoms with Gasteiger partial charge in [-0.2, -0.15) is 0 Å². The van der Waals surface area contributed by atoms with Crippen molar-refractivity contribution in [1.29, 1.82) is 5.41 Å². The van der Waals surface area contributed by atoms with Crippen LogP contribution in [0.2, 0.25) is 0 Å². The van der Waals surface area contributed by atoms with Crippen molar-refractivity contribution < 1.29 is 4.74 Å². The molecule has 1 unspecified atom stereocenters. The number of rotatable bonds is 4. The van der Waals surface area contributed by atoms with Crippen molar-refractivity contribution in [2.75, 3.05) is 5.73 Å². The molecule has 3 nitrogen and oxygen atoms in total. The molecular formula is C16H18N2O. The second-order valence-electron chi connectivity index (χ2n) is 4.63. The average molecular weight is 254 g/mol. The van der Waals surface area contributed by atoms with E-state index in [9.17, 15) is 0 Å². The number of hydrogen-bond acceptors (Lipinski definition) is 3. The zero-order valence-electron chi connectivity index (χ0n) is 11.2. The average Bonchev–Trinajstić information content (AvgIpc) is 2.43. The summed E-state index contributed by atoms with van der Waals surface area (Å²) in [5, 5.41) is 9.46. The summed E-state index contributed by atoms with van der Waals surface area (Å²) >= 11 is 0. The van der Waals surface area contributed by atoms with Crippen molar-refractivity contribution in [1.82, 2.24) is 0 Å². The highest BCUT2D eigenvalue weighted by atomic mass is 16.5. The fraction of sp³-hybridized carbons (Fsp3) is 0.188. The van der Waals surface area contributed by atoms with Crippen LogP contribution in [0.1, 0.15) is 13.8 Å². The maximum Gasteiger partial charge on any atom is 0.159 e. The van der Waals surface area contributed by atoms with E-state index in [4.69, 9.17) is 15.9 Å². The molecule has 3 N–H and O–H groups in total. The van der Waals surface area contributed by atoms with Gasteiger partial charge in [0.15, 0.2) is 5.60 Å². The number of allylic oxidation sites excluding steroid dienone is 1. The van der Waals surface area contributed by atoms with E-state index in [1.54, 1.807) is 0 Å². The van der Waals surface area contributed by atoms with Gasteiger partial charge < -0.3 is 15.9 Å². The van der Waals surface area contributed by atoms with Gasteiger partial charge in [-0.15, -0.1) is 0 Å². The largest absolute Gasteiger partial charge is 0.477 e. The Morgan fingerprint density at radius 3 is 2.47 bits per heavy atom. The Bertz CT molecular complexity index is 634. The van der Waals surface area contributed by atoms with Crippen molar-refractivity contribution in [2.24, 2.45) is 0 Å². The first kappa shape index (κ1) is 13.1. The molecule has 19 heavy (non-hydrogen) atoms. The fourth-order valence-corrected chi connectivity index (χ4v) is 2.06. The van der Waals surface area contributed by atoms with Gasteiger partial charge in [0.25, 0.3) is 0 Å². The summed E-state index contributed by atoms with van der Waals surface area (Å²) < 4.78 is 5.97. The van der Waals surface area contributed by atoms with E-state index in [0.717, 1.165) is 22.2 Å². The van der Waals surface area contributed by atoms with Gasteiger partial charge in [0.1, 0.15) is 5.75 Å². The van der Waals surface area contributed by atoms with E-state index >= 15 is 0 Å². The molecule has 2 rings (SSSR count). The predicted molar refractivity (Wildman–Crippen MR) is 81.0 cm³/mol. The third-order valence-electron chi connectivity index (χ3n) is 3.03. The summed E-state index contributed by atoms with van der Waals surface area (Å²) in [4.78, 5) is 0. The molecule has 1 atom stereocenters. The zero-order chi connectivity index (χ0) is 13.9. The van der Waals surface area contributed by atoms with Crippen LogP contribution in [-0.4, -0.2) is 11.8 Å². The van der Waals surface area contributed by atoms with E-state index in [2.05, 4.69) is 0 Å². The van der Waals surface area contributed by atoms with E-state index in [1.165, 1.54) is 6.21 Å². The van der Waals surface area contributed by atoms with Crippen molar-refractivity contribution in [3.63, 3.8) is 0 Å². The van der Waals surface area contributed by atoms with Crippen molar-refractivity contribution in [3.8, 4) is 5.75 Å². The van der Waals surface area contributed by atoms with E-state index in [-0.39, 0.29) is 0 Å². The SMILES string of the molecule is CC=CC(C)(C=N)Oc1ccc(N)c2ccccc12. The van der Waals surface area contributed by atoms with Crippen molar-refractivity contribution in [2.45, 2.75) is 19.4 Å². The maximum atomic E-state index is 7.53. The number of nitrogen functional groups attached to an aromatic ring is 1. The Labute approximate surface area is 113 Å². The minimum Gasteiger partial charge on any atom is -0.477 e. The predicted octanol–water partition coefficient (Wildman–Crippen LogP) is 3.79. The van der Waals surface area contributed by atoms with Gasteiger partial charge in [-0.1, -0.05) is 30.3 Å². The molecule has 0 radical (unpaired) electrons. The summed E-state index contributed by atoms with van der Waals surface area (Å²) in [5.74, 6) is 0.730. The highest BCUT2D eigenvalue weighted by molar-refractivity contribution is 5.97. The zero-order valence-corrected chi connectivity index (χ0v) is 11.2. The molecule has 0 spiro atoms. The minimum atomic E-state index is -0.742. The monoisotopic (exact) mass is 254 g/mol. The third-order valence-corrected chi connectivity index (χ3v) is 3.03. The Morgan fingerprint density at radius 2 is 1.84 bits per heavy atom. The van der Waals surface area contributed by atoms with Gasteiger partial charge in [-0.25, -0.2) is 0 Å². The van der Waals surface area contributed by atoms with E-state index < -0.39 is 5.60 Å². The second-order valence-corrected chi connectivity index (χ2v) is 4.63. The van der Waals surface area contributed by atoms with Gasteiger partial charge in [0.2, 0.25) is 0 Å². The summed E-state index contributed by atoms with van der Waals surface area (Å²) in [5.41, 5.74) is 5.95. The Morgan fingerprint density at radius 1 is 1.16 bits per heavy atom. The van der Waals surface area contributed by atoms with Gasteiger partial charge in [0, 0.05) is 22.7 Å². The molecule has 0 amide bonds. The van der Waals surface area contributed by atoms with Crippen LogP contribution in [-0.2, 0) is 0 Å². The molecular weight excluding hydrogens is 236 g/mol. The Kier molecular flexibility index (Phi) is 3.56. The summed E-state index contributed by atoms with van der Waals surface area (Å²) in [7, 11) is 0. The lowest BCUT2D eigenvalue weighted by Gasteiger charge is -2.24. The molecule has 0 saturated heterocycles. The van der Waals surface area contributed by atoms with Crippen LogP contribution in [0.3, 0.4) is 0 Å². The number of nitrogens with two attached hydrogens (primary N) is 1. The molecule has 0 aliphatic rings. The molecule has 0 aliphatic heterocycles. The highest BCUT2D eigenvalue weighted by Gasteiger charge is 2.20. The van der Waals surface area contributed by atoms with E-state index in [1.807, 2.05) is 62.4 Å². The number of nitrogens with one attached hydrogen (secondary N) is 1.